The van der Waals surface area contributed by atoms with Gasteiger partial charge in [-0.25, -0.2) is 9.37 Å². The Kier molecular flexibility index (Phi) is 4.46. The molecule has 0 amide bonds. The van der Waals surface area contributed by atoms with Crippen LogP contribution < -0.4 is 10.1 Å². The van der Waals surface area contributed by atoms with Gasteiger partial charge in [-0.05, 0) is 55.8 Å². The predicted molar refractivity (Wildman–Crippen MR) is 104 cm³/mol. The number of hydrogen-bond acceptors (Lipinski definition) is 4. The summed E-state index contributed by atoms with van der Waals surface area (Å²) < 4.78 is 20.5. The molecule has 1 N–H and O–H groups in total. The van der Waals surface area contributed by atoms with Crippen LogP contribution in [0.3, 0.4) is 0 Å². The number of nitrogens with one attached hydrogen (secondary N) is 1. The fraction of sp³-hybridized carbons (Fsp3) is 0.143. The summed E-state index contributed by atoms with van der Waals surface area (Å²) in [7, 11) is 0. The van der Waals surface area contributed by atoms with Crippen LogP contribution in [0, 0.1) is 12.7 Å². The molecule has 27 heavy (non-hydrogen) atoms. The summed E-state index contributed by atoms with van der Waals surface area (Å²) in [4.78, 5) is 4.62. The minimum absolute atomic E-state index is 0.266. The van der Waals surface area contributed by atoms with Gasteiger partial charge in [0.1, 0.15) is 17.4 Å². The first-order valence-corrected chi connectivity index (χ1v) is 8.75. The summed E-state index contributed by atoms with van der Waals surface area (Å²) in [5.41, 5.74) is 4.23. The highest BCUT2D eigenvalue weighted by molar-refractivity contribution is 5.78. The molecule has 0 bridgehead atoms. The van der Waals surface area contributed by atoms with E-state index in [1.165, 1.54) is 12.1 Å². The van der Waals surface area contributed by atoms with Crippen molar-refractivity contribution in [3.63, 3.8) is 0 Å². The minimum atomic E-state index is -0.266. The second-order valence-corrected chi connectivity index (χ2v) is 6.17. The van der Waals surface area contributed by atoms with Crippen LogP contribution in [0.2, 0.25) is 0 Å². The van der Waals surface area contributed by atoms with E-state index in [1.54, 1.807) is 22.8 Å². The molecule has 0 spiro atoms. The summed E-state index contributed by atoms with van der Waals surface area (Å²) in [6.45, 7) is 4.53. The largest absolute Gasteiger partial charge is 0.494 e. The smallest absolute Gasteiger partial charge is 0.165 e. The number of nitrogens with zero attached hydrogens (tertiary/aromatic N) is 3. The molecule has 4 rings (SSSR count). The van der Waals surface area contributed by atoms with Crippen LogP contribution in [0.4, 0.5) is 15.9 Å². The SMILES string of the molecule is CCOc1ccc(Nc2cc(C)nc3c(-c4ccc(F)cc4)cnn23)cc1. The van der Waals surface area contributed by atoms with Crippen molar-refractivity contribution < 1.29 is 9.13 Å². The molecule has 0 aliphatic carbocycles. The number of aromatic nitrogens is 3. The van der Waals surface area contributed by atoms with Crippen molar-refractivity contribution in [1.82, 2.24) is 14.6 Å². The molecule has 0 aliphatic heterocycles. The number of aryl methyl sites for hydroxylation is 1. The van der Waals surface area contributed by atoms with Gasteiger partial charge in [-0.15, -0.1) is 0 Å². The van der Waals surface area contributed by atoms with E-state index in [2.05, 4.69) is 15.4 Å². The maximum absolute atomic E-state index is 13.2. The molecule has 0 atom stereocenters. The van der Waals surface area contributed by atoms with Crippen LogP contribution in [-0.2, 0) is 0 Å². The van der Waals surface area contributed by atoms with Gasteiger partial charge < -0.3 is 10.1 Å². The third-order valence-electron chi connectivity index (χ3n) is 4.19. The molecule has 0 aliphatic rings. The highest BCUT2D eigenvalue weighted by Gasteiger charge is 2.12. The van der Waals surface area contributed by atoms with E-state index in [1.807, 2.05) is 44.2 Å². The topological polar surface area (TPSA) is 51.5 Å². The molecule has 2 heterocycles. The number of fused-ring (bicyclic) bond motifs is 1. The number of anilines is 2. The Morgan fingerprint density at radius 3 is 2.52 bits per heavy atom. The molecule has 136 valence electrons. The highest BCUT2D eigenvalue weighted by Crippen LogP contribution is 2.27. The minimum Gasteiger partial charge on any atom is -0.494 e. The van der Waals surface area contributed by atoms with Gasteiger partial charge in [-0.2, -0.15) is 9.61 Å². The van der Waals surface area contributed by atoms with Crippen LogP contribution in [0.25, 0.3) is 16.8 Å². The molecule has 4 aromatic rings. The lowest BCUT2D eigenvalue weighted by atomic mass is 10.1. The van der Waals surface area contributed by atoms with E-state index in [-0.39, 0.29) is 5.82 Å². The molecule has 0 unspecified atom stereocenters. The average molecular weight is 362 g/mol. The zero-order chi connectivity index (χ0) is 18.8. The van der Waals surface area contributed by atoms with Gasteiger partial charge in [0, 0.05) is 23.0 Å². The van der Waals surface area contributed by atoms with E-state index >= 15 is 0 Å². The van der Waals surface area contributed by atoms with Gasteiger partial charge in [-0.3, -0.25) is 0 Å². The van der Waals surface area contributed by atoms with Crippen molar-refractivity contribution >= 4 is 17.2 Å². The molecular formula is C21H19FN4O. The predicted octanol–water partition coefficient (Wildman–Crippen LogP) is 4.99. The fourth-order valence-corrected chi connectivity index (χ4v) is 2.96. The molecule has 0 saturated heterocycles. The first-order chi connectivity index (χ1) is 13.1. The van der Waals surface area contributed by atoms with Crippen molar-refractivity contribution in [2.45, 2.75) is 13.8 Å². The third kappa shape index (κ3) is 3.46. The summed E-state index contributed by atoms with van der Waals surface area (Å²) in [6.07, 6.45) is 1.75. The van der Waals surface area contributed by atoms with Crippen LogP contribution >= 0.6 is 0 Å². The van der Waals surface area contributed by atoms with Crippen molar-refractivity contribution in [3.05, 3.63) is 72.3 Å². The van der Waals surface area contributed by atoms with Crippen LogP contribution in [-0.4, -0.2) is 21.2 Å². The van der Waals surface area contributed by atoms with Gasteiger partial charge >= 0.3 is 0 Å². The van der Waals surface area contributed by atoms with E-state index in [0.29, 0.717) is 6.61 Å². The molecule has 2 aromatic carbocycles. The van der Waals surface area contributed by atoms with Gasteiger partial charge in [-0.1, -0.05) is 12.1 Å². The lowest BCUT2D eigenvalue weighted by Crippen LogP contribution is -2.02. The van der Waals surface area contributed by atoms with E-state index in [0.717, 1.165) is 39.7 Å². The Bertz CT molecular complexity index is 1070. The maximum atomic E-state index is 13.2. The van der Waals surface area contributed by atoms with E-state index in [4.69, 9.17) is 4.74 Å². The van der Waals surface area contributed by atoms with Gasteiger partial charge in [0.05, 0.1) is 12.8 Å². The third-order valence-corrected chi connectivity index (χ3v) is 4.19. The lowest BCUT2D eigenvalue weighted by molar-refractivity contribution is 0.340. The Labute approximate surface area is 156 Å². The maximum Gasteiger partial charge on any atom is 0.165 e. The zero-order valence-electron chi connectivity index (χ0n) is 15.1. The zero-order valence-corrected chi connectivity index (χ0v) is 15.1. The van der Waals surface area contributed by atoms with Gasteiger partial charge in [0.25, 0.3) is 0 Å². The van der Waals surface area contributed by atoms with E-state index in [9.17, 15) is 4.39 Å². The van der Waals surface area contributed by atoms with Crippen LogP contribution in [0.1, 0.15) is 12.6 Å². The molecule has 0 fully saturated rings. The standard InChI is InChI=1S/C21H19FN4O/c1-3-27-18-10-8-17(9-11-18)25-20-12-14(2)24-21-19(13-23-26(20)21)15-4-6-16(22)7-5-15/h4-13,25H,3H2,1-2H3. The Hall–Kier alpha value is -3.41. The van der Waals surface area contributed by atoms with Crippen molar-refractivity contribution in [3.8, 4) is 16.9 Å². The molecular weight excluding hydrogens is 343 g/mol. The fourth-order valence-electron chi connectivity index (χ4n) is 2.96. The van der Waals surface area contributed by atoms with Crippen LogP contribution in [0.15, 0.2) is 60.8 Å². The molecule has 6 heteroatoms. The highest BCUT2D eigenvalue weighted by atomic mass is 19.1. The molecule has 5 nitrogen and oxygen atoms in total. The summed E-state index contributed by atoms with van der Waals surface area (Å²) in [5.74, 6) is 1.36. The molecule has 2 aromatic heterocycles. The monoisotopic (exact) mass is 362 g/mol. The Morgan fingerprint density at radius 2 is 1.81 bits per heavy atom. The van der Waals surface area contributed by atoms with E-state index < -0.39 is 0 Å². The number of halogens is 1. The second kappa shape index (κ2) is 7.07. The first kappa shape index (κ1) is 17.0. The summed E-state index contributed by atoms with van der Waals surface area (Å²) in [5, 5.41) is 7.85. The molecule has 0 radical (unpaired) electrons. The van der Waals surface area contributed by atoms with Crippen molar-refractivity contribution in [2.24, 2.45) is 0 Å². The average Bonchev–Trinajstić information content (AvgIpc) is 3.08. The quantitative estimate of drug-likeness (QED) is 0.544. The number of benzene rings is 2. The first-order valence-electron chi connectivity index (χ1n) is 8.75. The normalized spacial score (nSPS) is 10.9. The van der Waals surface area contributed by atoms with Crippen LogP contribution in [0.5, 0.6) is 5.75 Å². The van der Waals surface area contributed by atoms with Crippen molar-refractivity contribution in [2.75, 3.05) is 11.9 Å². The number of ether oxygens (including phenoxy) is 1. The Balaban J connectivity index is 1.72. The van der Waals surface area contributed by atoms with Crippen molar-refractivity contribution in [1.29, 1.82) is 0 Å². The van der Waals surface area contributed by atoms with Gasteiger partial charge in [0.15, 0.2) is 5.65 Å². The summed E-state index contributed by atoms with van der Waals surface area (Å²) in [6, 6.07) is 16.0. The second-order valence-electron chi connectivity index (χ2n) is 6.17. The molecule has 0 saturated carbocycles. The lowest BCUT2D eigenvalue weighted by Gasteiger charge is -2.11. The van der Waals surface area contributed by atoms with Gasteiger partial charge in [0.2, 0.25) is 0 Å². The number of rotatable bonds is 5. The Morgan fingerprint density at radius 1 is 1.07 bits per heavy atom. The number of hydrogen-bond donors (Lipinski definition) is 1. The summed E-state index contributed by atoms with van der Waals surface area (Å²) >= 11 is 0.